The number of thiophene rings is 1. The summed E-state index contributed by atoms with van der Waals surface area (Å²) in [7, 11) is 2.08. The normalized spacial score (nSPS) is 30.7. The Balaban J connectivity index is 1.98. The van der Waals surface area contributed by atoms with Gasteiger partial charge in [-0.3, -0.25) is 4.90 Å². The summed E-state index contributed by atoms with van der Waals surface area (Å²) in [5.74, 6) is 0.720. The molecular weight excluding hydrogens is 296 g/mol. The van der Waals surface area contributed by atoms with Crippen molar-refractivity contribution >= 4 is 27.3 Å². The summed E-state index contributed by atoms with van der Waals surface area (Å²) in [6.45, 7) is 7.02. The molecule has 0 aliphatic carbocycles. The van der Waals surface area contributed by atoms with Gasteiger partial charge < -0.3 is 5.32 Å². The maximum absolute atomic E-state index is 3.53. The number of halogens is 1. The fourth-order valence-electron chi connectivity index (χ4n) is 2.71. The highest BCUT2D eigenvalue weighted by Crippen LogP contribution is 2.28. The first kappa shape index (κ1) is 13.5. The fraction of sp³-hybridized carbons (Fsp3) is 0.692. The van der Waals surface area contributed by atoms with Gasteiger partial charge in [0.05, 0.1) is 3.79 Å². The number of nitrogens with zero attached hydrogens (tertiary/aromatic N) is 1. The number of likely N-dealkylation sites (tertiary alicyclic amines) is 1. The molecule has 1 saturated heterocycles. The van der Waals surface area contributed by atoms with Gasteiger partial charge in [0.1, 0.15) is 0 Å². The summed E-state index contributed by atoms with van der Waals surface area (Å²) in [6.07, 6.45) is 1.26. The molecular formula is C13H21BrN2S. The fourth-order valence-corrected chi connectivity index (χ4v) is 4.22. The average Bonchev–Trinajstić information content (AvgIpc) is 2.71. The Bertz CT molecular complexity index is 366. The lowest BCUT2D eigenvalue weighted by molar-refractivity contribution is 0.0820. The van der Waals surface area contributed by atoms with Gasteiger partial charge in [0.2, 0.25) is 0 Å². The summed E-state index contributed by atoms with van der Waals surface area (Å²) in [4.78, 5) is 4.07. The Kier molecular flexibility index (Phi) is 4.64. The summed E-state index contributed by atoms with van der Waals surface area (Å²) in [5, 5.41) is 3.44. The second-order valence-electron chi connectivity index (χ2n) is 4.96. The van der Waals surface area contributed by atoms with Gasteiger partial charge >= 0.3 is 0 Å². The molecule has 0 spiro atoms. The highest BCUT2D eigenvalue weighted by atomic mass is 79.9. The zero-order valence-corrected chi connectivity index (χ0v) is 13.1. The van der Waals surface area contributed by atoms with E-state index in [2.05, 4.69) is 59.2 Å². The first-order valence-corrected chi connectivity index (χ1v) is 7.88. The molecule has 1 aromatic heterocycles. The number of hydrogen-bond acceptors (Lipinski definition) is 3. The molecule has 0 saturated carbocycles. The molecule has 0 bridgehead atoms. The highest BCUT2D eigenvalue weighted by Gasteiger charge is 2.31. The third-order valence-corrected chi connectivity index (χ3v) is 5.67. The number of nitrogens with one attached hydrogen (secondary N) is 1. The van der Waals surface area contributed by atoms with Crippen LogP contribution in [-0.4, -0.2) is 30.6 Å². The molecule has 4 heteroatoms. The molecule has 3 atom stereocenters. The predicted octanol–water partition coefficient (Wildman–Crippen LogP) is 3.33. The van der Waals surface area contributed by atoms with Crippen molar-refractivity contribution in [1.29, 1.82) is 0 Å². The zero-order chi connectivity index (χ0) is 12.4. The van der Waals surface area contributed by atoms with Gasteiger partial charge in [-0.05, 0) is 54.4 Å². The van der Waals surface area contributed by atoms with Crippen molar-refractivity contribution < 1.29 is 0 Å². The lowest BCUT2D eigenvalue weighted by Gasteiger charge is -2.42. The van der Waals surface area contributed by atoms with Crippen LogP contribution in [0.3, 0.4) is 0 Å². The van der Waals surface area contributed by atoms with Crippen molar-refractivity contribution in [3.63, 3.8) is 0 Å². The van der Waals surface area contributed by atoms with Gasteiger partial charge in [-0.15, -0.1) is 11.3 Å². The van der Waals surface area contributed by atoms with Crippen molar-refractivity contribution in [2.24, 2.45) is 5.92 Å². The lowest BCUT2D eigenvalue weighted by atomic mass is 9.87. The van der Waals surface area contributed by atoms with E-state index in [1.54, 1.807) is 0 Å². The molecule has 96 valence electrons. The minimum Gasteiger partial charge on any atom is -0.317 e. The minimum absolute atomic E-state index is 0.655. The molecule has 1 aliphatic heterocycles. The SMILES string of the molecule is CNC1CCN(Cc2ccc(Br)s2)C(C)C1C. The quantitative estimate of drug-likeness (QED) is 0.920. The predicted molar refractivity (Wildman–Crippen MR) is 78.5 cm³/mol. The third-order valence-electron chi connectivity index (χ3n) is 4.06. The van der Waals surface area contributed by atoms with Crippen molar-refractivity contribution in [3.05, 3.63) is 20.8 Å². The zero-order valence-electron chi connectivity index (χ0n) is 10.7. The Morgan fingerprint density at radius 3 is 2.82 bits per heavy atom. The van der Waals surface area contributed by atoms with E-state index in [4.69, 9.17) is 0 Å². The first-order chi connectivity index (χ1) is 8.11. The molecule has 0 aromatic carbocycles. The Labute approximate surface area is 117 Å². The van der Waals surface area contributed by atoms with Crippen LogP contribution in [0.1, 0.15) is 25.1 Å². The maximum atomic E-state index is 3.53. The molecule has 2 rings (SSSR count). The first-order valence-electron chi connectivity index (χ1n) is 6.27. The standard InChI is InChI=1S/C13H21BrN2S/c1-9-10(2)16(7-6-12(9)15-3)8-11-4-5-13(14)17-11/h4-5,9-10,12,15H,6-8H2,1-3H3. The largest absolute Gasteiger partial charge is 0.317 e. The van der Waals surface area contributed by atoms with E-state index in [1.807, 2.05) is 11.3 Å². The van der Waals surface area contributed by atoms with Crippen molar-refractivity contribution in [3.8, 4) is 0 Å². The van der Waals surface area contributed by atoms with E-state index < -0.39 is 0 Å². The summed E-state index contributed by atoms with van der Waals surface area (Å²) < 4.78 is 1.23. The van der Waals surface area contributed by atoms with Crippen LogP contribution in [0.5, 0.6) is 0 Å². The Morgan fingerprint density at radius 2 is 2.24 bits per heavy atom. The molecule has 1 aromatic rings. The molecule has 3 unspecified atom stereocenters. The number of hydrogen-bond donors (Lipinski definition) is 1. The highest BCUT2D eigenvalue weighted by molar-refractivity contribution is 9.11. The van der Waals surface area contributed by atoms with E-state index >= 15 is 0 Å². The smallest absolute Gasteiger partial charge is 0.0701 e. The maximum Gasteiger partial charge on any atom is 0.0701 e. The van der Waals surface area contributed by atoms with E-state index in [-0.39, 0.29) is 0 Å². The van der Waals surface area contributed by atoms with Crippen LogP contribution in [0.4, 0.5) is 0 Å². The molecule has 1 fully saturated rings. The number of rotatable bonds is 3. The topological polar surface area (TPSA) is 15.3 Å². The lowest BCUT2D eigenvalue weighted by Crippen LogP contribution is -2.52. The van der Waals surface area contributed by atoms with Gasteiger partial charge in [0, 0.05) is 30.1 Å². The van der Waals surface area contributed by atoms with Crippen molar-refractivity contribution in [1.82, 2.24) is 10.2 Å². The van der Waals surface area contributed by atoms with Crippen molar-refractivity contribution in [2.45, 2.75) is 38.9 Å². The molecule has 0 radical (unpaired) electrons. The molecule has 2 heterocycles. The molecule has 1 N–H and O–H groups in total. The van der Waals surface area contributed by atoms with Gasteiger partial charge in [0.25, 0.3) is 0 Å². The third kappa shape index (κ3) is 3.11. The van der Waals surface area contributed by atoms with Crippen LogP contribution in [0.15, 0.2) is 15.9 Å². The Hall–Kier alpha value is 0.1000. The van der Waals surface area contributed by atoms with E-state index in [0.717, 1.165) is 12.5 Å². The Morgan fingerprint density at radius 1 is 1.47 bits per heavy atom. The molecule has 2 nitrogen and oxygen atoms in total. The second-order valence-corrected chi connectivity index (χ2v) is 7.51. The van der Waals surface area contributed by atoms with Crippen LogP contribution in [0, 0.1) is 5.92 Å². The van der Waals surface area contributed by atoms with E-state index in [9.17, 15) is 0 Å². The summed E-state index contributed by atoms with van der Waals surface area (Å²) in [5.41, 5.74) is 0. The summed E-state index contributed by atoms with van der Waals surface area (Å²) >= 11 is 5.39. The molecule has 17 heavy (non-hydrogen) atoms. The van der Waals surface area contributed by atoms with Gasteiger partial charge in [-0.2, -0.15) is 0 Å². The van der Waals surface area contributed by atoms with Crippen LogP contribution < -0.4 is 5.32 Å². The monoisotopic (exact) mass is 316 g/mol. The van der Waals surface area contributed by atoms with Gasteiger partial charge in [-0.1, -0.05) is 6.92 Å². The average molecular weight is 317 g/mol. The van der Waals surface area contributed by atoms with Gasteiger partial charge in [0.15, 0.2) is 0 Å². The van der Waals surface area contributed by atoms with Crippen LogP contribution in [0.25, 0.3) is 0 Å². The molecule has 1 aliphatic rings. The minimum atomic E-state index is 0.655. The van der Waals surface area contributed by atoms with E-state index in [1.165, 1.54) is 21.6 Å². The summed E-state index contributed by atoms with van der Waals surface area (Å²) in [6, 6.07) is 5.71. The van der Waals surface area contributed by atoms with Crippen LogP contribution >= 0.6 is 27.3 Å². The number of piperidine rings is 1. The van der Waals surface area contributed by atoms with Crippen molar-refractivity contribution in [2.75, 3.05) is 13.6 Å². The van der Waals surface area contributed by atoms with Crippen LogP contribution in [-0.2, 0) is 6.54 Å². The van der Waals surface area contributed by atoms with Gasteiger partial charge in [-0.25, -0.2) is 0 Å². The van der Waals surface area contributed by atoms with Crippen LogP contribution in [0.2, 0.25) is 0 Å². The van der Waals surface area contributed by atoms with E-state index in [0.29, 0.717) is 12.1 Å². The molecule has 0 amide bonds. The second kappa shape index (κ2) is 5.83.